The Labute approximate surface area is 429 Å². The van der Waals surface area contributed by atoms with Crippen LogP contribution in [0.5, 0.6) is 0 Å². The fraction of sp³-hybridized carbons (Fsp3) is 0.192. The van der Waals surface area contributed by atoms with Crippen molar-refractivity contribution in [3.8, 4) is 0 Å². The minimum absolute atomic E-state index is 0.0139. The van der Waals surface area contributed by atoms with Crippen molar-refractivity contribution in [2.24, 2.45) is 5.16 Å². The number of benzene rings is 5. The van der Waals surface area contributed by atoms with E-state index in [1.165, 1.54) is 35.2 Å². The van der Waals surface area contributed by atoms with E-state index in [0.717, 1.165) is 16.2 Å². The number of carbonyl (C=O) groups is 4. The molecule has 16 nitrogen and oxygen atoms in total. The molecule has 366 valence electrons. The highest BCUT2D eigenvalue weighted by atomic mass is 32.2. The maximum absolute atomic E-state index is 14.9. The van der Waals surface area contributed by atoms with Crippen LogP contribution in [-0.2, 0) is 45.1 Å². The Hall–Kier alpha value is -7.39. The first-order valence-corrected chi connectivity index (χ1v) is 26.7. The molecule has 0 saturated carbocycles. The Kier molecular flexibility index (Phi) is 15.1. The molecular formula is C52H46N8O8S4. The van der Waals surface area contributed by atoms with Gasteiger partial charge >= 0.3 is 12.1 Å². The average Bonchev–Trinajstić information content (AvgIpc) is 4.09. The van der Waals surface area contributed by atoms with Crippen LogP contribution in [0.25, 0.3) is 0 Å². The molecule has 20 heteroatoms. The van der Waals surface area contributed by atoms with E-state index in [1.807, 2.05) is 152 Å². The lowest BCUT2D eigenvalue weighted by atomic mass is 9.80. The van der Waals surface area contributed by atoms with Crippen LogP contribution in [0.15, 0.2) is 184 Å². The van der Waals surface area contributed by atoms with E-state index in [4.69, 9.17) is 14.3 Å². The molecule has 4 heterocycles. The van der Waals surface area contributed by atoms with Gasteiger partial charge < -0.3 is 19.6 Å². The molecule has 1 unspecified atom stereocenters. The van der Waals surface area contributed by atoms with Gasteiger partial charge in [0.05, 0.1) is 21.6 Å². The minimum Gasteiger partial charge on any atom is -0.448 e. The van der Waals surface area contributed by atoms with E-state index < -0.39 is 63.4 Å². The van der Waals surface area contributed by atoms with Crippen molar-refractivity contribution in [3.05, 3.63) is 207 Å². The number of hydrogen-bond acceptors (Lipinski definition) is 15. The molecule has 2 aliphatic rings. The van der Waals surface area contributed by atoms with Crippen LogP contribution in [0.4, 0.5) is 9.93 Å². The van der Waals surface area contributed by atoms with Gasteiger partial charge in [0.1, 0.15) is 34.7 Å². The number of nitrogens with one attached hydrogen (secondary N) is 3. The summed E-state index contributed by atoms with van der Waals surface area (Å²) in [5.41, 5.74) is 0.722. The summed E-state index contributed by atoms with van der Waals surface area (Å²) in [5.74, 6) is -2.56. The van der Waals surface area contributed by atoms with Crippen molar-refractivity contribution in [1.29, 1.82) is 0 Å². The fourth-order valence-corrected chi connectivity index (χ4v) is 12.7. The molecule has 0 spiro atoms. The van der Waals surface area contributed by atoms with Gasteiger partial charge in [0, 0.05) is 27.0 Å². The van der Waals surface area contributed by atoms with Crippen LogP contribution in [0.1, 0.15) is 60.4 Å². The molecule has 3 amide bonds. The van der Waals surface area contributed by atoms with Gasteiger partial charge in [-0.05, 0) is 31.9 Å². The van der Waals surface area contributed by atoms with Crippen molar-refractivity contribution >= 4 is 80.4 Å². The number of rotatable bonds is 17. The molecule has 2 aromatic heterocycles. The lowest BCUT2D eigenvalue weighted by Crippen LogP contribution is -2.74. The Bertz CT molecular complexity index is 2990. The van der Waals surface area contributed by atoms with Crippen molar-refractivity contribution in [3.63, 3.8) is 0 Å². The second-order valence-corrected chi connectivity index (χ2v) is 21.9. The quantitative estimate of drug-likeness (QED) is 0.0149. The third kappa shape index (κ3) is 10.9. The smallest absolute Gasteiger partial charge is 0.413 e. The maximum atomic E-state index is 14.9. The lowest BCUT2D eigenvalue weighted by molar-refractivity contribution is -0.154. The van der Waals surface area contributed by atoms with Gasteiger partial charge in [0.15, 0.2) is 22.1 Å². The van der Waals surface area contributed by atoms with Gasteiger partial charge in [-0.15, -0.1) is 23.1 Å². The van der Waals surface area contributed by atoms with E-state index in [2.05, 4.69) is 36.0 Å². The summed E-state index contributed by atoms with van der Waals surface area (Å²) in [4.78, 5) is 74.1. The fourth-order valence-electron chi connectivity index (χ4n) is 8.05. The zero-order chi connectivity index (χ0) is 50.2. The largest absolute Gasteiger partial charge is 0.448 e. The second-order valence-electron chi connectivity index (χ2n) is 17.1. The number of H-pyrrole nitrogens is 1. The summed E-state index contributed by atoms with van der Waals surface area (Å²) in [6.07, 6.45) is -0.256. The molecule has 72 heavy (non-hydrogen) atoms. The Balaban J connectivity index is 1.07. The molecule has 0 bridgehead atoms. The highest BCUT2D eigenvalue weighted by molar-refractivity contribution is 8.18. The number of aromatic nitrogens is 4. The molecule has 1 saturated heterocycles. The highest BCUT2D eigenvalue weighted by Crippen LogP contribution is 2.43. The molecule has 3 N–H and O–H groups in total. The molecule has 0 aliphatic carbocycles. The van der Waals surface area contributed by atoms with E-state index >= 15 is 0 Å². The van der Waals surface area contributed by atoms with Gasteiger partial charge in [0.2, 0.25) is 5.60 Å². The number of oxime groups is 1. The number of amides is 3. The number of esters is 1. The van der Waals surface area contributed by atoms with Gasteiger partial charge in [-0.3, -0.25) is 29.1 Å². The molecule has 5 aromatic carbocycles. The van der Waals surface area contributed by atoms with E-state index in [0.29, 0.717) is 43.0 Å². The van der Waals surface area contributed by atoms with E-state index in [1.54, 1.807) is 20.8 Å². The lowest BCUT2D eigenvalue weighted by Gasteiger charge is -2.49. The van der Waals surface area contributed by atoms with Crippen LogP contribution < -0.4 is 10.6 Å². The molecule has 0 radical (unpaired) electrons. The van der Waals surface area contributed by atoms with E-state index in [9.17, 15) is 23.4 Å². The van der Waals surface area contributed by atoms with Crippen LogP contribution in [0, 0.1) is 0 Å². The third-order valence-corrected chi connectivity index (χ3v) is 15.8. The summed E-state index contributed by atoms with van der Waals surface area (Å²) in [6.45, 7) is 5.17. The predicted octanol–water partition coefficient (Wildman–Crippen LogP) is 8.76. The van der Waals surface area contributed by atoms with Crippen LogP contribution in [0.3, 0.4) is 0 Å². The second kappa shape index (κ2) is 21.9. The van der Waals surface area contributed by atoms with E-state index in [-0.39, 0.29) is 28.0 Å². The van der Waals surface area contributed by atoms with Crippen molar-refractivity contribution in [2.45, 2.75) is 54.6 Å². The number of nitrogens with zero attached hydrogens (tertiary/aromatic N) is 5. The number of ether oxygens (including phenoxy) is 2. The normalized spacial score (nSPS) is 16.9. The summed E-state index contributed by atoms with van der Waals surface area (Å²) < 4.78 is 26.2. The topological polar surface area (TPSA) is 207 Å². The van der Waals surface area contributed by atoms with Crippen molar-refractivity contribution in [2.75, 3.05) is 16.2 Å². The predicted molar refractivity (Wildman–Crippen MR) is 277 cm³/mol. The number of thioether (sulfide) groups is 2. The number of β-lactam (4-membered cyclic amide) rings is 1. The number of anilines is 1. The molecule has 9 rings (SSSR count). The number of carbonyl (C=O) groups excluding carboxylic acids is 4. The maximum Gasteiger partial charge on any atom is 0.413 e. The Morgan fingerprint density at radius 2 is 1.39 bits per heavy atom. The van der Waals surface area contributed by atoms with Crippen LogP contribution >= 0.6 is 34.9 Å². The molecule has 7 aromatic rings. The van der Waals surface area contributed by atoms with Gasteiger partial charge in [0.25, 0.3) is 11.8 Å². The van der Waals surface area contributed by atoms with Gasteiger partial charge in [-0.25, -0.2) is 19.6 Å². The zero-order valence-electron chi connectivity index (χ0n) is 38.9. The first-order valence-electron chi connectivity index (χ1n) is 22.4. The molecule has 2 aliphatic heterocycles. The number of thiazole rings is 1. The summed E-state index contributed by atoms with van der Waals surface area (Å²) in [7, 11) is -1.84. The Morgan fingerprint density at radius 3 is 1.92 bits per heavy atom. The summed E-state index contributed by atoms with van der Waals surface area (Å²) in [6, 6.07) is 45.2. The third-order valence-electron chi connectivity index (χ3n) is 11.2. The summed E-state index contributed by atoms with van der Waals surface area (Å²) in [5, 5.41) is 17.9. The zero-order valence-corrected chi connectivity index (χ0v) is 42.1. The van der Waals surface area contributed by atoms with Crippen molar-refractivity contribution in [1.82, 2.24) is 30.4 Å². The standard InChI is InChI=1S/C52H46N8O8S4/c1-51(2,3)67-50(64)57-49-55-38(29-69-49)40(59-68-52(35-23-13-6-14-24-35,36-25-15-7-16-26-36)37-27-17-8-18-28-37)44(61)56-41-45(62)60-42(39(30-72(65)46(41)60)70-32-71-48-53-31-54-58-48)47(63)66-43(33-19-9-4-10-20-33)34-21-11-5-12-22-34/h4-29,31,41,43,46H,30,32H2,1-3H3,(H,56,61)(H,53,54,58)(H,55,57,64)/b59-40-/t41-,46-,72?/m1/s1. The summed E-state index contributed by atoms with van der Waals surface area (Å²) >= 11 is 3.54. The number of fused-ring (bicyclic) bond motifs is 1. The number of aromatic amines is 1. The monoisotopic (exact) mass is 1040 g/mol. The van der Waals surface area contributed by atoms with Crippen molar-refractivity contribution < 1.29 is 37.7 Å². The highest BCUT2D eigenvalue weighted by Gasteiger charge is 2.58. The first-order chi connectivity index (χ1) is 34.9. The van der Waals surface area contributed by atoms with Crippen LogP contribution in [0.2, 0.25) is 0 Å². The average molecular weight is 1040 g/mol. The van der Waals surface area contributed by atoms with Gasteiger partial charge in [-0.1, -0.05) is 169 Å². The minimum atomic E-state index is -1.84. The first kappa shape index (κ1) is 49.6. The van der Waals surface area contributed by atoms with Crippen LogP contribution in [-0.4, -0.2) is 86.7 Å². The molecule has 3 atom stereocenters. The Morgan fingerprint density at radius 1 is 0.833 bits per heavy atom. The SMILES string of the molecule is CC(C)(C)OC(=O)Nc1nc(/C(=N/OC(c2ccccc2)(c2ccccc2)c2ccccc2)C(=O)N[C@@H]2C(=O)N3C(C(=O)OC(c4ccccc4)c4ccccc4)=C(SCSc4ncn[nH]4)CS(=O)[C@H]23)cs1. The molecule has 1 fully saturated rings. The number of hydrogen-bond donors (Lipinski definition) is 3. The molecular weight excluding hydrogens is 993 g/mol. The van der Waals surface area contributed by atoms with Gasteiger partial charge in [-0.2, -0.15) is 5.10 Å².